The van der Waals surface area contributed by atoms with E-state index in [0.29, 0.717) is 12.3 Å². The van der Waals surface area contributed by atoms with Crippen molar-refractivity contribution >= 4 is 34.4 Å². The fraction of sp³-hybridized carbons (Fsp3) is 0.391. The van der Waals surface area contributed by atoms with Crippen molar-refractivity contribution in [3.05, 3.63) is 57.7 Å². The molecule has 6 nitrogen and oxygen atoms in total. The van der Waals surface area contributed by atoms with Crippen LogP contribution in [0.15, 0.2) is 48.5 Å². The maximum absolute atomic E-state index is 13.0. The Bertz CT molecular complexity index is 824. The van der Waals surface area contributed by atoms with Crippen LogP contribution in [0.5, 0.6) is 11.5 Å². The van der Waals surface area contributed by atoms with Gasteiger partial charge in [0.2, 0.25) is 5.91 Å². The van der Waals surface area contributed by atoms with Crippen LogP contribution in [0.3, 0.4) is 0 Å². The number of halogens is 1. The number of hydrogen-bond acceptors (Lipinski definition) is 4. The summed E-state index contributed by atoms with van der Waals surface area (Å²) in [5, 5.41) is 2.95. The molecule has 162 valence electrons. The van der Waals surface area contributed by atoms with Crippen LogP contribution in [0, 0.1) is 3.57 Å². The minimum atomic E-state index is -0.631. The molecule has 0 bridgehead atoms. The lowest BCUT2D eigenvalue weighted by molar-refractivity contribution is -0.142. The zero-order valence-electron chi connectivity index (χ0n) is 17.9. The Morgan fingerprint density at radius 3 is 2.20 bits per heavy atom. The molecular weight excluding hydrogens is 495 g/mol. The van der Waals surface area contributed by atoms with Crippen LogP contribution in [0.1, 0.15) is 32.8 Å². The van der Waals surface area contributed by atoms with E-state index in [9.17, 15) is 9.59 Å². The minimum Gasteiger partial charge on any atom is -0.497 e. The van der Waals surface area contributed by atoms with Crippen molar-refractivity contribution in [1.29, 1.82) is 0 Å². The van der Waals surface area contributed by atoms with Crippen LogP contribution >= 0.6 is 22.6 Å². The van der Waals surface area contributed by atoms with Crippen LogP contribution in [-0.4, -0.2) is 42.5 Å². The van der Waals surface area contributed by atoms with Crippen LogP contribution in [-0.2, 0) is 16.1 Å². The summed E-state index contributed by atoms with van der Waals surface area (Å²) < 4.78 is 11.9. The van der Waals surface area contributed by atoms with Gasteiger partial charge < -0.3 is 19.7 Å². The SMILES string of the molecule is CCC(C)NC(=O)C(C)N(Cc1ccc(OC)cc1)C(=O)COc1ccc(I)cc1. The molecule has 2 atom stereocenters. The van der Waals surface area contributed by atoms with Crippen molar-refractivity contribution in [2.45, 2.75) is 45.8 Å². The number of ether oxygens (including phenoxy) is 2. The second-order valence-electron chi connectivity index (χ2n) is 7.11. The molecule has 0 aliphatic rings. The van der Waals surface area contributed by atoms with Gasteiger partial charge in [-0.05, 0) is 84.8 Å². The van der Waals surface area contributed by atoms with Gasteiger partial charge in [-0.15, -0.1) is 0 Å². The molecule has 0 fully saturated rings. The topological polar surface area (TPSA) is 67.9 Å². The van der Waals surface area contributed by atoms with Crippen molar-refractivity contribution in [2.24, 2.45) is 0 Å². The number of nitrogens with zero attached hydrogens (tertiary/aromatic N) is 1. The second kappa shape index (κ2) is 11.8. The van der Waals surface area contributed by atoms with Crippen molar-refractivity contribution in [3.8, 4) is 11.5 Å². The van der Waals surface area contributed by atoms with Crippen LogP contribution in [0.25, 0.3) is 0 Å². The lowest BCUT2D eigenvalue weighted by Gasteiger charge is -2.29. The van der Waals surface area contributed by atoms with Crippen molar-refractivity contribution < 1.29 is 19.1 Å². The highest BCUT2D eigenvalue weighted by Gasteiger charge is 2.27. The molecule has 7 heteroatoms. The molecule has 0 aromatic heterocycles. The van der Waals surface area contributed by atoms with E-state index >= 15 is 0 Å². The van der Waals surface area contributed by atoms with Crippen molar-refractivity contribution in [3.63, 3.8) is 0 Å². The highest BCUT2D eigenvalue weighted by molar-refractivity contribution is 14.1. The van der Waals surface area contributed by atoms with Gasteiger partial charge in [0.1, 0.15) is 17.5 Å². The molecule has 2 aromatic carbocycles. The van der Waals surface area contributed by atoms with Gasteiger partial charge in [0.05, 0.1) is 7.11 Å². The third-order valence-electron chi connectivity index (χ3n) is 4.86. The summed E-state index contributed by atoms with van der Waals surface area (Å²) in [5.74, 6) is 0.919. The quantitative estimate of drug-likeness (QED) is 0.477. The second-order valence-corrected chi connectivity index (χ2v) is 8.35. The van der Waals surface area contributed by atoms with Gasteiger partial charge >= 0.3 is 0 Å². The highest BCUT2D eigenvalue weighted by atomic mass is 127. The van der Waals surface area contributed by atoms with E-state index in [0.717, 1.165) is 21.3 Å². The van der Waals surface area contributed by atoms with E-state index in [-0.39, 0.29) is 24.5 Å². The predicted octanol–water partition coefficient (Wildman–Crippen LogP) is 4.01. The van der Waals surface area contributed by atoms with E-state index in [1.807, 2.05) is 62.4 Å². The zero-order valence-corrected chi connectivity index (χ0v) is 20.0. The van der Waals surface area contributed by atoms with Crippen molar-refractivity contribution in [1.82, 2.24) is 10.2 Å². The van der Waals surface area contributed by atoms with E-state index in [2.05, 4.69) is 27.9 Å². The standard InChI is InChI=1S/C23H29IN2O4/c1-5-16(2)25-23(28)17(3)26(14-18-6-10-20(29-4)11-7-18)22(27)15-30-21-12-8-19(24)9-13-21/h6-13,16-17H,5,14-15H2,1-4H3,(H,25,28). The first-order valence-corrected chi connectivity index (χ1v) is 11.0. The molecule has 0 heterocycles. The molecule has 2 rings (SSSR count). The molecule has 2 unspecified atom stereocenters. The van der Waals surface area contributed by atoms with Crippen LogP contribution in [0.4, 0.5) is 0 Å². The summed E-state index contributed by atoms with van der Waals surface area (Å²) in [6.45, 7) is 5.85. The Balaban J connectivity index is 2.14. The number of nitrogens with one attached hydrogen (secondary N) is 1. The summed E-state index contributed by atoms with van der Waals surface area (Å²) in [6, 6.07) is 14.3. The average Bonchev–Trinajstić information content (AvgIpc) is 2.76. The van der Waals surface area contributed by atoms with Gasteiger partial charge in [-0.2, -0.15) is 0 Å². The molecule has 0 saturated carbocycles. The normalized spacial score (nSPS) is 12.6. The number of carbonyl (C=O) groups is 2. The van der Waals surface area contributed by atoms with Crippen LogP contribution < -0.4 is 14.8 Å². The first kappa shape index (κ1) is 24.0. The van der Waals surface area contributed by atoms with E-state index in [4.69, 9.17) is 9.47 Å². The number of hydrogen-bond donors (Lipinski definition) is 1. The van der Waals surface area contributed by atoms with Gasteiger partial charge in [0.25, 0.3) is 5.91 Å². The smallest absolute Gasteiger partial charge is 0.261 e. The lowest BCUT2D eigenvalue weighted by atomic mass is 10.1. The fourth-order valence-corrected chi connectivity index (χ4v) is 3.09. The van der Waals surface area contributed by atoms with Crippen LogP contribution in [0.2, 0.25) is 0 Å². The third kappa shape index (κ3) is 7.19. The molecule has 2 aromatic rings. The molecule has 0 aliphatic carbocycles. The molecule has 1 N–H and O–H groups in total. The fourth-order valence-electron chi connectivity index (χ4n) is 2.73. The van der Waals surface area contributed by atoms with E-state index in [1.54, 1.807) is 18.9 Å². The van der Waals surface area contributed by atoms with Gasteiger partial charge in [0.15, 0.2) is 6.61 Å². The number of amides is 2. The number of benzene rings is 2. The summed E-state index contributed by atoms with van der Waals surface area (Å²) in [6.07, 6.45) is 0.820. The molecule has 30 heavy (non-hydrogen) atoms. The van der Waals surface area contributed by atoms with E-state index in [1.165, 1.54) is 0 Å². The van der Waals surface area contributed by atoms with Gasteiger partial charge in [0, 0.05) is 16.2 Å². The minimum absolute atomic E-state index is 0.0425. The molecule has 0 spiro atoms. The monoisotopic (exact) mass is 524 g/mol. The first-order valence-electron chi connectivity index (χ1n) is 9.95. The van der Waals surface area contributed by atoms with Gasteiger partial charge in [-0.1, -0.05) is 19.1 Å². The maximum Gasteiger partial charge on any atom is 0.261 e. The number of methoxy groups -OCH3 is 1. The Kier molecular flexibility index (Phi) is 9.42. The third-order valence-corrected chi connectivity index (χ3v) is 5.58. The Morgan fingerprint density at radius 1 is 1.03 bits per heavy atom. The number of rotatable bonds is 10. The summed E-state index contributed by atoms with van der Waals surface area (Å²) in [5.41, 5.74) is 0.904. The lowest BCUT2D eigenvalue weighted by Crippen LogP contribution is -2.50. The predicted molar refractivity (Wildman–Crippen MR) is 126 cm³/mol. The molecule has 0 aliphatic heterocycles. The molecular formula is C23H29IN2O4. The Hall–Kier alpha value is -2.29. The zero-order chi connectivity index (χ0) is 22.1. The summed E-state index contributed by atoms with van der Waals surface area (Å²) in [7, 11) is 1.61. The highest BCUT2D eigenvalue weighted by Crippen LogP contribution is 2.17. The Labute approximate surface area is 192 Å². The largest absolute Gasteiger partial charge is 0.497 e. The first-order chi connectivity index (χ1) is 14.3. The molecule has 2 amide bonds. The average molecular weight is 524 g/mol. The Morgan fingerprint density at radius 2 is 1.63 bits per heavy atom. The van der Waals surface area contributed by atoms with Gasteiger partial charge in [-0.3, -0.25) is 9.59 Å². The number of carbonyl (C=O) groups excluding carboxylic acids is 2. The van der Waals surface area contributed by atoms with Gasteiger partial charge in [-0.25, -0.2) is 0 Å². The van der Waals surface area contributed by atoms with Crippen molar-refractivity contribution in [2.75, 3.05) is 13.7 Å². The summed E-state index contributed by atoms with van der Waals surface area (Å²) in [4.78, 5) is 27.2. The summed E-state index contributed by atoms with van der Waals surface area (Å²) >= 11 is 2.21. The maximum atomic E-state index is 13.0. The molecule has 0 radical (unpaired) electrons. The van der Waals surface area contributed by atoms with E-state index < -0.39 is 6.04 Å². The molecule has 0 saturated heterocycles.